The van der Waals surface area contributed by atoms with E-state index in [4.69, 9.17) is 4.74 Å². The number of hydrogen-bond acceptors (Lipinski definition) is 4. The van der Waals surface area contributed by atoms with E-state index in [1.165, 1.54) is 0 Å². The van der Waals surface area contributed by atoms with Gasteiger partial charge in [-0.3, -0.25) is 9.69 Å². The molecular weight excluding hydrogens is 287 g/mol. The molecule has 0 aromatic carbocycles. The van der Waals surface area contributed by atoms with Crippen molar-refractivity contribution >= 4 is 5.91 Å². The number of carbonyl (C=O) groups is 1. The van der Waals surface area contributed by atoms with Crippen LogP contribution in [0.1, 0.15) is 12.8 Å². The molecule has 0 bridgehead atoms. The van der Waals surface area contributed by atoms with Crippen molar-refractivity contribution in [1.29, 1.82) is 0 Å². The second-order valence-corrected chi connectivity index (χ2v) is 5.90. The number of rotatable bonds is 1. The predicted octanol–water partition coefficient (Wildman–Crippen LogP) is 0.212. The number of carbonyl (C=O) groups excluding carboxylic acids is 1. The van der Waals surface area contributed by atoms with Gasteiger partial charge in [0, 0.05) is 13.1 Å². The number of ether oxygens (including phenoxy) is 1. The number of alkyl halides is 3. The molecule has 1 amide bonds. The average Bonchev–Trinajstić information content (AvgIpc) is 2.98. The van der Waals surface area contributed by atoms with Gasteiger partial charge in [0.15, 0.2) is 0 Å². The zero-order chi connectivity index (χ0) is 15.0. The first-order valence-electron chi connectivity index (χ1n) is 7.41. The molecule has 5 nitrogen and oxygen atoms in total. The lowest BCUT2D eigenvalue weighted by atomic mass is 9.93. The lowest BCUT2D eigenvalue weighted by molar-refractivity contribution is -0.194. The van der Waals surface area contributed by atoms with E-state index in [0.29, 0.717) is 19.8 Å². The highest BCUT2D eigenvalue weighted by atomic mass is 19.4. The number of likely N-dealkylation sites (tertiary alicyclic amines) is 1. The third-order valence-corrected chi connectivity index (χ3v) is 4.62. The van der Waals surface area contributed by atoms with Crippen LogP contribution in [0.25, 0.3) is 0 Å². The molecule has 0 aromatic heterocycles. The molecule has 3 fully saturated rings. The number of amides is 1. The standard InChI is InChI=1S/C13H20F3N3O2/c14-13(15,16)12(20)19-6-3-17-9-7-21-8-10(11(9)19)18-4-1-2-5-18/h9-11,17H,1-8H2/t9?,10?,11-/m0/s1. The summed E-state index contributed by atoms with van der Waals surface area (Å²) in [6, 6.07) is -0.825. The molecule has 0 saturated carbocycles. The molecule has 1 N–H and O–H groups in total. The maximum Gasteiger partial charge on any atom is 0.471 e. The van der Waals surface area contributed by atoms with Gasteiger partial charge in [0.1, 0.15) is 0 Å². The Morgan fingerprint density at radius 1 is 1.14 bits per heavy atom. The largest absolute Gasteiger partial charge is 0.471 e. The van der Waals surface area contributed by atoms with Crippen LogP contribution in [0.3, 0.4) is 0 Å². The summed E-state index contributed by atoms with van der Waals surface area (Å²) in [5.74, 6) is -1.72. The molecule has 3 rings (SSSR count). The van der Waals surface area contributed by atoms with Crippen LogP contribution in [-0.2, 0) is 9.53 Å². The van der Waals surface area contributed by atoms with Gasteiger partial charge in [0.25, 0.3) is 0 Å². The van der Waals surface area contributed by atoms with E-state index < -0.39 is 18.1 Å². The van der Waals surface area contributed by atoms with Gasteiger partial charge in [-0.15, -0.1) is 0 Å². The van der Waals surface area contributed by atoms with Gasteiger partial charge >= 0.3 is 12.1 Å². The Morgan fingerprint density at radius 2 is 1.86 bits per heavy atom. The van der Waals surface area contributed by atoms with Crippen LogP contribution in [0.5, 0.6) is 0 Å². The number of hydrogen-bond donors (Lipinski definition) is 1. The Kier molecular flexibility index (Phi) is 4.11. The topological polar surface area (TPSA) is 44.8 Å². The number of halogens is 3. The zero-order valence-electron chi connectivity index (χ0n) is 11.7. The van der Waals surface area contributed by atoms with Gasteiger partial charge in [-0.05, 0) is 25.9 Å². The van der Waals surface area contributed by atoms with Crippen molar-refractivity contribution in [2.75, 3.05) is 39.4 Å². The lowest BCUT2D eigenvalue weighted by Crippen LogP contribution is -2.71. The Morgan fingerprint density at radius 3 is 2.52 bits per heavy atom. The molecule has 2 unspecified atom stereocenters. The molecule has 3 heterocycles. The summed E-state index contributed by atoms with van der Waals surface area (Å²) in [7, 11) is 0. The summed E-state index contributed by atoms with van der Waals surface area (Å²) < 4.78 is 44.1. The Bertz CT molecular complexity index is 397. The van der Waals surface area contributed by atoms with Crippen LogP contribution < -0.4 is 5.32 Å². The summed E-state index contributed by atoms with van der Waals surface area (Å²) in [6.07, 6.45) is -2.71. The molecule has 3 aliphatic rings. The lowest BCUT2D eigenvalue weighted by Gasteiger charge is -2.50. The van der Waals surface area contributed by atoms with Crippen LogP contribution in [0.2, 0.25) is 0 Å². The molecule has 8 heteroatoms. The number of nitrogens with zero attached hydrogens (tertiary/aromatic N) is 2. The van der Waals surface area contributed by atoms with Crippen LogP contribution in [-0.4, -0.2) is 79.4 Å². The minimum Gasteiger partial charge on any atom is -0.378 e. The number of piperazine rings is 1. The molecule has 0 spiro atoms. The van der Waals surface area contributed by atoms with Crippen LogP contribution in [0, 0.1) is 0 Å². The molecule has 120 valence electrons. The van der Waals surface area contributed by atoms with Crippen LogP contribution in [0.4, 0.5) is 13.2 Å². The molecule has 3 saturated heterocycles. The van der Waals surface area contributed by atoms with E-state index >= 15 is 0 Å². The molecule has 0 aliphatic carbocycles. The van der Waals surface area contributed by atoms with E-state index in [1.807, 2.05) is 0 Å². The average molecular weight is 307 g/mol. The summed E-state index contributed by atoms with van der Waals surface area (Å²) in [6.45, 7) is 2.96. The fourth-order valence-electron chi connectivity index (χ4n) is 3.70. The van der Waals surface area contributed by atoms with Gasteiger partial charge in [-0.1, -0.05) is 0 Å². The molecule has 21 heavy (non-hydrogen) atoms. The van der Waals surface area contributed by atoms with Gasteiger partial charge < -0.3 is 15.0 Å². The normalized spacial score (nSPS) is 34.8. The van der Waals surface area contributed by atoms with E-state index in [1.54, 1.807) is 0 Å². The minimum atomic E-state index is -4.81. The van der Waals surface area contributed by atoms with Crippen molar-refractivity contribution in [2.24, 2.45) is 0 Å². The maximum absolute atomic E-state index is 12.8. The fraction of sp³-hybridized carbons (Fsp3) is 0.923. The minimum absolute atomic E-state index is 0.101. The Balaban J connectivity index is 1.83. The molecular formula is C13H20F3N3O2. The summed E-state index contributed by atoms with van der Waals surface area (Å²) in [5, 5.41) is 3.20. The fourth-order valence-corrected chi connectivity index (χ4v) is 3.70. The smallest absolute Gasteiger partial charge is 0.378 e. The third kappa shape index (κ3) is 2.89. The first-order valence-corrected chi connectivity index (χ1v) is 7.41. The Labute approximate surface area is 121 Å². The van der Waals surface area contributed by atoms with Crippen LogP contribution in [0.15, 0.2) is 0 Å². The first-order chi connectivity index (χ1) is 9.98. The summed E-state index contributed by atoms with van der Waals surface area (Å²) >= 11 is 0. The molecule has 0 radical (unpaired) electrons. The van der Waals surface area contributed by atoms with Crippen molar-refractivity contribution in [1.82, 2.24) is 15.1 Å². The number of nitrogens with one attached hydrogen (secondary N) is 1. The summed E-state index contributed by atoms with van der Waals surface area (Å²) in [4.78, 5) is 14.9. The van der Waals surface area contributed by atoms with Gasteiger partial charge in [-0.25, -0.2) is 0 Å². The van der Waals surface area contributed by atoms with Crippen molar-refractivity contribution in [3.63, 3.8) is 0 Å². The second-order valence-electron chi connectivity index (χ2n) is 5.90. The van der Waals surface area contributed by atoms with Crippen molar-refractivity contribution < 1.29 is 22.7 Å². The van der Waals surface area contributed by atoms with E-state index in [9.17, 15) is 18.0 Å². The molecule has 3 aliphatic heterocycles. The third-order valence-electron chi connectivity index (χ3n) is 4.62. The van der Waals surface area contributed by atoms with Crippen molar-refractivity contribution in [3.8, 4) is 0 Å². The maximum atomic E-state index is 12.8. The second kappa shape index (κ2) is 5.73. The highest BCUT2D eigenvalue weighted by Crippen LogP contribution is 2.29. The van der Waals surface area contributed by atoms with Gasteiger partial charge in [-0.2, -0.15) is 13.2 Å². The van der Waals surface area contributed by atoms with Crippen LogP contribution >= 0.6 is 0 Å². The number of fused-ring (bicyclic) bond motifs is 1. The van der Waals surface area contributed by atoms with Crippen molar-refractivity contribution in [2.45, 2.75) is 37.1 Å². The highest BCUT2D eigenvalue weighted by molar-refractivity contribution is 5.82. The predicted molar refractivity (Wildman–Crippen MR) is 68.8 cm³/mol. The van der Waals surface area contributed by atoms with E-state index in [-0.39, 0.29) is 18.6 Å². The SMILES string of the molecule is O=C(N1CCNC2COCC(N3CCCC3)[C@H]21)C(F)(F)F. The van der Waals surface area contributed by atoms with Gasteiger partial charge in [0.05, 0.1) is 31.3 Å². The van der Waals surface area contributed by atoms with Crippen molar-refractivity contribution in [3.05, 3.63) is 0 Å². The molecule has 3 atom stereocenters. The Hall–Kier alpha value is -0.860. The van der Waals surface area contributed by atoms with E-state index in [2.05, 4.69) is 10.2 Å². The van der Waals surface area contributed by atoms with E-state index in [0.717, 1.165) is 30.8 Å². The van der Waals surface area contributed by atoms with Gasteiger partial charge in [0.2, 0.25) is 0 Å². The molecule has 0 aromatic rings. The summed E-state index contributed by atoms with van der Waals surface area (Å²) in [5.41, 5.74) is 0. The highest BCUT2D eigenvalue weighted by Gasteiger charge is 2.51. The quantitative estimate of drug-likeness (QED) is 0.752. The monoisotopic (exact) mass is 307 g/mol. The first kappa shape index (κ1) is 15.1. The zero-order valence-corrected chi connectivity index (χ0v) is 11.7.